The molecule has 0 saturated heterocycles. The van der Waals surface area contributed by atoms with Crippen LogP contribution in [-0.4, -0.2) is 121 Å². The summed E-state index contributed by atoms with van der Waals surface area (Å²) >= 11 is 18.9. The number of carboxylic acid groups (broad SMARTS) is 1. The lowest BCUT2D eigenvalue weighted by Gasteiger charge is -2.09. The van der Waals surface area contributed by atoms with Crippen molar-refractivity contribution in [1.82, 2.24) is 19.9 Å². The van der Waals surface area contributed by atoms with Crippen LogP contribution in [0.4, 0.5) is 39.8 Å². The lowest BCUT2D eigenvalue weighted by molar-refractivity contribution is -0.385. The number of benzene rings is 9. The summed E-state index contributed by atoms with van der Waals surface area (Å²) in [7, 11) is 5.20. The van der Waals surface area contributed by atoms with Gasteiger partial charge in [0, 0.05) is 74.6 Å². The molecule has 2 aliphatic rings. The Morgan fingerprint density at radius 1 is 0.464 bits per heavy atom. The average Bonchev–Trinajstić information content (AvgIpc) is 1.71. The van der Waals surface area contributed by atoms with Crippen LogP contribution >= 0.6 is 95.6 Å². The summed E-state index contributed by atoms with van der Waals surface area (Å²) in [5.41, 5.74) is 29.6. The van der Waals surface area contributed by atoms with Crippen LogP contribution in [0.5, 0.6) is 5.75 Å². The summed E-state index contributed by atoms with van der Waals surface area (Å²) in [6.45, 7) is 4.22. The molecular formula is C74H59Br6N11O21. The number of hydrogen-bond donors (Lipinski definition) is 7. The maximum Gasteiger partial charge on any atom is 0.340 e. The number of ether oxygens (including phenoxy) is 5. The minimum atomic E-state index is -1.30. The van der Waals surface area contributed by atoms with Gasteiger partial charge >= 0.3 is 29.8 Å². The molecule has 0 atom stereocenters. The van der Waals surface area contributed by atoms with Crippen molar-refractivity contribution in [2.75, 3.05) is 51.4 Å². The van der Waals surface area contributed by atoms with Crippen LogP contribution in [-0.2, 0) is 48.0 Å². The number of esters is 4. The Hall–Kier alpha value is -12.0. The van der Waals surface area contributed by atoms with Crippen LogP contribution in [0.2, 0.25) is 0 Å². The molecule has 0 radical (unpaired) electrons. The SMILES string of the molecule is COC(=O)c1cc(-c2ccc(OCc3ccccc3)cc2)cc2[nH]c(C)nc12.COC(=O)c1cc(Br)cc(N)c1N.COC(=O)c1cc(Br)cc([N+](=O)[O-])c1N.COC(=O)c1cc(Br)cc2[nH]c(C)nc12.Nc1c(C(=O)O)cc(Br)cc1[N+](=O)[O-].O=C1Cc2c(cc(Br)cc2[N+](=O)[O-])C1=O.O=C1Cc2ccc(Br)cc2C1=O. The topological polar surface area (TPSA) is 511 Å². The molecule has 11 aromatic rings. The number of nitrogens with two attached hydrogens (primary N) is 4. The summed E-state index contributed by atoms with van der Waals surface area (Å²) in [5.74, 6) is -2.87. The number of hydrogen-bond acceptors (Lipinski definition) is 26. The van der Waals surface area contributed by atoms with E-state index >= 15 is 0 Å². The molecule has 2 aromatic heterocycles. The van der Waals surface area contributed by atoms with E-state index < -0.39 is 55.9 Å². The Balaban J connectivity index is 0.000000186. The van der Waals surface area contributed by atoms with Gasteiger partial charge in [0.2, 0.25) is 23.1 Å². The molecule has 32 nitrogen and oxygen atoms in total. The van der Waals surface area contributed by atoms with Crippen LogP contribution in [0, 0.1) is 44.2 Å². The molecule has 13 rings (SSSR count). The molecule has 0 aliphatic heterocycles. The zero-order valence-corrected chi connectivity index (χ0v) is 68.4. The number of imidazole rings is 2. The summed E-state index contributed by atoms with van der Waals surface area (Å²) in [6.07, 6.45) is 0.0964. The number of nitro groups is 3. The highest BCUT2D eigenvalue weighted by atomic mass is 79.9. The molecule has 9 aromatic carbocycles. The number of H-pyrrole nitrogens is 2. The number of methoxy groups -OCH3 is 4. The van der Waals surface area contributed by atoms with E-state index in [1.54, 1.807) is 24.3 Å². The first kappa shape index (κ1) is 87.3. The van der Waals surface area contributed by atoms with Crippen molar-refractivity contribution in [1.29, 1.82) is 0 Å². The normalized spacial score (nSPS) is 11.3. The number of nitrogens with one attached hydrogen (secondary N) is 2. The van der Waals surface area contributed by atoms with E-state index in [1.165, 1.54) is 58.8 Å². The van der Waals surface area contributed by atoms with Crippen molar-refractivity contribution in [2.24, 2.45) is 0 Å². The van der Waals surface area contributed by atoms with Gasteiger partial charge in [-0.1, -0.05) is 144 Å². The van der Waals surface area contributed by atoms with Gasteiger partial charge in [0.05, 0.1) is 93.4 Å². The quantitative estimate of drug-likeness (QED) is 0.0149. The summed E-state index contributed by atoms with van der Waals surface area (Å²) in [4.78, 5) is 146. The van der Waals surface area contributed by atoms with Gasteiger partial charge in [-0.3, -0.25) is 49.5 Å². The molecular weight excluding hydrogens is 1860 g/mol. The highest BCUT2D eigenvalue weighted by molar-refractivity contribution is 9.11. The zero-order chi connectivity index (χ0) is 82.9. The fraction of sp³-hybridized carbons (Fsp3) is 0.122. The van der Waals surface area contributed by atoms with E-state index in [2.05, 4.69) is 125 Å². The molecule has 0 saturated carbocycles. The molecule has 0 unspecified atom stereocenters. The second kappa shape index (κ2) is 39.1. The lowest BCUT2D eigenvalue weighted by atomic mass is 10.0. The Bertz CT molecular complexity index is 5570. The zero-order valence-electron chi connectivity index (χ0n) is 58.9. The maximum atomic E-state index is 12.2. The number of aryl methyl sites for hydroxylation is 2. The third-order valence-electron chi connectivity index (χ3n) is 15.6. The standard InChI is InChI=1S/C23H20N2O3.C10H9BrN2O2.C9H4BrNO4.C9H5BrO2.C8H7BrN2O4.C8H9BrN2O2.C7H5BrN2O4/c1-15-24-21-13-18(12-20(22(21)25-15)23(26)27-2)17-8-10-19(11-9-17)28-14-16-6-4-3-5-7-16;1-5-12-8-4-6(11)3-7(9(8)13-5)10(14)15-2;10-4-1-6-5(3-8(12)9(6)13)7(2-4)11(14)15;10-6-2-1-5-3-8(11)9(12)7(5)4-6;1-15-8(12)5-2-4(9)3-6(7(5)10)11(13)14;1-13-8(12)5-2-4(9)3-6(10)7(5)11;8-3-1-4(7(11)12)6(9)5(2-3)10(13)14/h3-13H,14H2,1-2H3,(H,24,25);3-4H,1-2H3,(H,12,13);1-2H,3H2;1-2,4H,3H2;2-3H,10H2,1H3;2-3H,10-11H2,1H3;1-2H,9H2,(H,11,12). The summed E-state index contributed by atoms with van der Waals surface area (Å²) < 4.78 is 27.9. The molecule has 2 heterocycles. The Kier molecular flexibility index (Phi) is 30.5. The number of aromatic amines is 2. The predicted octanol–water partition coefficient (Wildman–Crippen LogP) is 15.5. The molecule has 0 amide bonds. The number of Topliss-reactive ketones (excluding diaryl/α,β-unsaturated/α-hetero) is 4. The molecule has 0 spiro atoms. The number of nitrogens with zero attached hydrogens (tertiary/aromatic N) is 5. The van der Waals surface area contributed by atoms with E-state index in [1.807, 2.05) is 98.8 Å². The molecule has 38 heteroatoms. The fourth-order valence-corrected chi connectivity index (χ4v) is 13.0. The van der Waals surface area contributed by atoms with Gasteiger partial charge in [0.1, 0.15) is 46.4 Å². The average molecular weight is 1920 g/mol. The first-order valence-corrected chi connectivity index (χ1v) is 36.4. The van der Waals surface area contributed by atoms with Gasteiger partial charge in [-0.15, -0.1) is 0 Å². The van der Waals surface area contributed by atoms with Crippen LogP contribution in [0.15, 0.2) is 172 Å². The molecule has 0 bridgehead atoms. The van der Waals surface area contributed by atoms with Gasteiger partial charge < -0.3 is 61.7 Å². The van der Waals surface area contributed by atoms with E-state index in [0.717, 1.165) is 65.7 Å². The Morgan fingerprint density at radius 3 is 1.40 bits per heavy atom. The Labute approximate surface area is 683 Å². The third-order valence-corrected chi connectivity index (χ3v) is 18.4. The van der Waals surface area contributed by atoms with Crippen LogP contribution in [0.25, 0.3) is 33.2 Å². The predicted molar refractivity (Wildman–Crippen MR) is 432 cm³/mol. The van der Waals surface area contributed by atoms with Gasteiger partial charge in [-0.2, -0.15) is 0 Å². The highest BCUT2D eigenvalue weighted by Crippen LogP contribution is 2.36. The van der Waals surface area contributed by atoms with Crippen molar-refractivity contribution in [3.05, 3.63) is 270 Å². The highest BCUT2D eigenvalue weighted by Gasteiger charge is 2.35. The number of halogens is 6. The molecule has 0 fully saturated rings. The molecule has 112 heavy (non-hydrogen) atoms. The number of rotatable bonds is 12. The van der Waals surface area contributed by atoms with Gasteiger partial charge in [0.15, 0.2) is 0 Å². The van der Waals surface area contributed by atoms with Crippen LogP contribution in [0.3, 0.4) is 0 Å². The Morgan fingerprint density at radius 2 is 0.884 bits per heavy atom. The van der Waals surface area contributed by atoms with Crippen molar-refractivity contribution in [3.63, 3.8) is 0 Å². The minimum Gasteiger partial charge on any atom is -0.489 e. The minimum absolute atomic E-state index is 0.0291. The molecule has 578 valence electrons. The number of aromatic carboxylic acids is 1. The van der Waals surface area contributed by atoms with Gasteiger partial charge in [-0.05, 0) is 115 Å². The lowest BCUT2D eigenvalue weighted by Crippen LogP contribution is -2.08. The van der Waals surface area contributed by atoms with Crippen molar-refractivity contribution >= 4 is 210 Å². The van der Waals surface area contributed by atoms with Crippen LogP contribution < -0.4 is 27.7 Å². The number of anilines is 4. The number of nitro benzene ring substituents is 3. The second-order valence-corrected chi connectivity index (χ2v) is 28.6. The number of nitrogen functional groups attached to an aromatic ring is 4. The van der Waals surface area contributed by atoms with Crippen molar-refractivity contribution in [2.45, 2.75) is 33.3 Å². The van der Waals surface area contributed by atoms with Crippen molar-refractivity contribution < 1.29 is 86.7 Å². The maximum absolute atomic E-state index is 12.2. The van der Waals surface area contributed by atoms with E-state index in [0.29, 0.717) is 57.9 Å². The number of aromatic nitrogens is 4. The van der Waals surface area contributed by atoms with Crippen LogP contribution in [0.1, 0.15) is 101 Å². The number of carboxylic acids is 1. The number of carbonyl (C=O) groups is 9. The van der Waals surface area contributed by atoms with E-state index in [9.17, 15) is 73.5 Å². The monoisotopic (exact) mass is 1910 g/mol. The largest absolute Gasteiger partial charge is 0.489 e. The van der Waals surface area contributed by atoms with E-state index in [4.69, 9.17) is 42.3 Å². The first-order chi connectivity index (χ1) is 52.9. The number of ketones is 4. The number of carbonyl (C=O) groups excluding carboxylic acids is 8. The summed E-state index contributed by atoms with van der Waals surface area (Å²) in [5, 5.41) is 40.4. The second-order valence-electron chi connectivity index (χ2n) is 23.1. The molecule has 11 N–H and O–H groups in total. The first-order valence-electron chi connectivity index (χ1n) is 31.6. The van der Waals surface area contributed by atoms with Gasteiger partial charge in [0.25, 0.3) is 17.1 Å². The number of fused-ring (bicyclic) bond motifs is 4. The molecule has 2 aliphatic carbocycles. The van der Waals surface area contributed by atoms with E-state index in [-0.39, 0.29) is 86.6 Å². The van der Waals surface area contributed by atoms with Crippen molar-refractivity contribution in [3.8, 4) is 16.9 Å². The summed E-state index contributed by atoms with van der Waals surface area (Å²) in [6, 6.07) is 41.5. The fourth-order valence-electron chi connectivity index (χ4n) is 10.4. The smallest absolute Gasteiger partial charge is 0.340 e. The third kappa shape index (κ3) is 22.2. The van der Waals surface area contributed by atoms with Gasteiger partial charge in [-0.25, -0.2) is 33.9 Å².